The summed E-state index contributed by atoms with van der Waals surface area (Å²) < 4.78 is 4.32. The van der Waals surface area contributed by atoms with E-state index in [2.05, 4.69) is 35.4 Å². The quantitative estimate of drug-likeness (QED) is 0.889. The topological polar surface area (TPSA) is 75.1 Å². The fourth-order valence-electron chi connectivity index (χ4n) is 1.48. The number of carboxylic acid groups (broad SMARTS) is 1. The fraction of sp³-hybridized carbons (Fsp3) is 0.769. The summed E-state index contributed by atoms with van der Waals surface area (Å²) in [5.41, 5.74) is -0.258. The molecule has 1 heterocycles. The Bertz CT molecular complexity index is 443. The average Bonchev–Trinajstić information content (AvgIpc) is 2.62. The van der Waals surface area contributed by atoms with E-state index < -0.39 is 5.97 Å². The lowest BCUT2D eigenvalue weighted by molar-refractivity contribution is -0.137. The minimum Gasteiger partial charge on any atom is -0.481 e. The van der Waals surface area contributed by atoms with Gasteiger partial charge in [0.25, 0.3) is 0 Å². The minimum absolute atomic E-state index is 0.0634. The summed E-state index contributed by atoms with van der Waals surface area (Å²) in [4.78, 5) is 15.4. The van der Waals surface area contributed by atoms with Crippen molar-refractivity contribution in [1.82, 2.24) is 9.36 Å². The van der Waals surface area contributed by atoms with Crippen LogP contribution in [0.25, 0.3) is 0 Å². The van der Waals surface area contributed by atoms with Crippen molar-refractivity contribution in [2.24, 2.45) is 5.41 Å². The third-order valence-electron chi connectivity index (χ3n) is 2.82. The van der Waals surface area contributed by atoms with Crippen LogP contribution >= 0.6 is 11.5 Å². The Hall–Kier alpha value is -1.17. The standard InChI is InChI=1S/C13H23N3O2S/c1-12(2,3)8(7-9(17)18)14-11-15-10(16-19-11)13(4,5)6/h8H,7H2,1-6H3,(H,17,18)(H,14,15,16). The van der Waals surface area contributed by atoms with Crippen LogP contribution in [-0.2, 0) is 10.2 Å². The molecule has 1 atom stereocenters. The molecule has 0 aliphatic carbocycles. The summed E-state index contributed by atoms with van der Waals surface area (Å²) in [6, 6.07) is -0.175. The number of nitrogens with one attached hydrogen (secondary N) is 1. The number of aromatic nitrogens is 2. The predicted molar refractivity (Wildman–Crippen MR) is 77.7 cm³/mol. The van der Waals surface area contributed by atoms with Gasteiger partial charge in [-0.15, -0.1) is 0 Å². The molecule has 108 valence electrons. The molecule has 0 aliphatic rings. The molecule has 0 bridgehead atoms. The molecular weight excluding hydrogens is 262 g/mol. The van der Waals surface area contributed by atoms with Crippen LogP contribution in [0.5, 0.6) is 0 Å². The second kappa shape index (κ2) is 5.45. The SMILES string of the molecule is CC(C)(C)c1nsc(NC(CC(=O)O)C(C)(C)C)n1. The molecule has 0 radical (unpaired) electrons. The van der Waals surface area contributed by atoms with Gasteiger partial charge >= 0.3 is 5.97 Å². The van der Waals surface area contributed by atoms with E-state index in [-0.39, 0.29) is 23.3 Å². The largest absolute Gasteiger partial charge is 0.481 e. The first-order valence-corrected chi connectivity index (χ1v) is 7.10. The number of carbonyl (C=O) groups is 1. The Morgan fingerprint density at radius 3 is 2.26 bits per heavy atom. The van der Waals surface area contributed by atoms with Gasteiger partial charge in [-0.1, -0.05) is 41.5 Å². The molecule has 5 nitrogen and oxygen atoms in total. The third-order valence-corrected chi connectivity index (χ3v) is 3.46. The van der Waals surface area contributed by atoms with Crippen LogP contribution in [0.2, 0.25) is 0 Å². The number of hydrogen-bond acceptors (Lipinski definition) is 5. The number of carboxylic acids is 1. The summed E-state index contributed by atoms with van der Waals surface area (Å²) in [6.45, 7) is 12.2. The van der Waals surface area contributed by atoms with E-state index in [1.54, 1.807) is 0 Å². The molecule has 1 unspecified atom stereocenters. The van der Waals surface area contributed by atoms with Crippen LogP contribution in [0.1, 0.15) is 53.8 Å². The highest BCUT2D eigenvalue weighted by Crippen LogP contribution is 2.28. The smallest absolute Gasteiger partial charge is 0.305 e. The summed E-state index contributed by atoms with van der Waals surface area (Å²) in [5, 5.41) is 12.9. The summed E-state index contributed by atoms with van der Waals surface area (Å²) >= 11 is 1.28. The van der Waals surface area contributed by atoms with Gasteiger partial charge in [0.2, 0.25) is 5.13 Å². The maximum Gasteiger partial charge on any atom is 0.305 e. The van der Waals surface area contributed by atoms with Gasteiger partial charge in [-0.05, 0) is 5.41 Å². The Labute approximate surface area is 118 Å². The van der Waals surface area contributed by atoms with Crippen molar-refractivity contribution in [2.45, 2.75) is 59.4 Å². The van der Waals surface area contributed by atoms with Gasteiger partial charge in [0.15, 0.2) is 0 Å². The Kier molecular flexibility index (Phi) is 4.55. The first kappa shape index (κ1) is 15.9. The van der Waals surface area contributed by atoms with Gasteiger partial charge in [-0.25, -0.2) is 4.98 Å². The van der Waals surface area contributed by atoms with E-state index >= 15 is 0 Å². The molecule has 1 aromatic heterocycles. The first-order chi connectivity index (χ1) is 8.50. The Morgan fingerprint density at radius 1 is 1.32 bits per heavy atom. The Morgan fingerprint density at radius 2 is 1.89 bits per heavy atom. The van der Waals surface area contributed by atoms with Crippen molar-refractivity contribution < 1.29 is 9.90 Å². The van der Waals surface area contributed by atoms with Crippen LogP contribution in [0.15, 0.2) is 0 Å². The molecule has 0 saturated heterocycles. The molecule has 2 N–H and O–H groups in total. The molecule has 19 heavy (non-hydrogen) atoms. The first-order valence-electron chi connectivity index (χ1n) is 6.32. The summed E-state index contributed by atoms with van der Waals surface area (Å²) in [7, 11) is 0. The summed E-state index contributed by atoms with van der Waals surface area (Å²) in [5.74, 6) is -0.0315. The van der Waals surface area contributed by atoms with E-state index in [9.17, 15) is 4.79 Å². The number of rotatable bonds is 4. The summed E-state index contributed by atoms with van der Waals surface area (Å²) in [6.07, 6.45) is 0.0634. The number of aliphatic carboxylic acids is 1. The molecule has 0 fully saturated rings. The second-order valence-electron chi connectivity index (χ2n) is 6.83. The van der Waals surface area contributed by atoms with E-state index in [0.717, 1.165) is 5.82 Å². The second-order valence-corrected chi connectivity index (χ2v) is 7.59. The molecule has 0 spiro atoms. The Balaban J connectivity index is 2.85. The van der Waals surface area contributed by atoms with Gasteiger partial charge in [0.1, 0.15) is 5.82 Å². The number of nitrogens with zero attached hydrogens (tertiary/aromatic N) is 2. The van der Waals surface area contributed by atoms with E-state index in [0.29, 0.717) is 5.13 Å². The highest BCUT2D eigenvalue weighted by molar-refractivity contribution is 7.09. The number of hydrogen-bond donors (Lipinski definition) is 2. The highest BCUT2D eigenvalue weighted by atomic mass is 32.1. The van der Waals surface area contributed by atoms with Gasteiger partial charge in [-0.3, -0.25) is 4.79 Å². The maximum absolute atomic E-state index is 10.9. The lowest BCUT2D eigenvalue weighted by Gasteiger charge is -2.30. The zero-order valence-electron chi connectivity index (χ0n) is 12.4. The molecule has 6 heteroatoms. The molecule has 0 aromatic carbocycles. The zero-order valence-corrected chi connectivity index (χ0v) is 13.3. The molecular formula is C13H23N3O2S. The highest BCUT2D eigenvalue weighted by Gasteiger charge is 2.28. The molecule has 0 aliphatic heterocycles. The normalized spacial score (nSPS) is 14.2. The van der Waals surface area contributed by atoms with Gasteiger partial charge in [0, 0.05) is 23.0 Å². The van der Waals surface area contributed by atoms with Crippen LogP contribution in [-0.4, -0.2) is 26.5 Å². The minimum atomic E-state index is -0.812. The van der Waals surface area contributed by atoms with Crippen LogP contribution in [0, 0.1) is 5.41 Å². The van der Waals surface area contributed by atoms with Gasteiger partial charge in [0.05, 0.1) is 6.42 Å². The predicted octanol–water partition coefficient (Wildman–Crippen LogP) is 3.14. The van der Waals surface area contributed by atoms with E-state index in [1.807, 2.05) is 20.8 Å². The van der Waals surface area contributed by atoms with Crippen molar-refractivity contribution in [1.29, 1.82) is 0 Å². The van der Waals surface area contributed by atoms with Crippen molar-refractivity contribution in [3.8, 4) is 0 Å². The molecule has 1 rings (SSSR count). The number of anilines is 1. The van der Waals surface area contributed by atoms with Crippen molar-refractivity contribution in [2.75, 3.05) is 5.32 Å². The van der Waals surface area contributed by atoms with Crippen LogP contribution < -0.4 is 5.32 Å². The van der Waals surface area contributed by atoms with Crippen LogP contribution in [0.3, 0.4) is 0 Å². The zero-order chi connectivity index (χ0) is 14.8. The van der Waals surface area contributed by atoms with E-state index in [1.165, 1.54) is 11.5 Å². The average molecular weight is 285 g/mol. The van der Waals surface area contributed by atoms with Crippen molar-refractivity contribution >= 4 is 22.6 Å². The van der Waals surface area contributed by atoms with Crippen molar-refractivity contribution in [3.63, 3.8) is 0 Å². The molecule has 0 amide bonds. The lowest BCUT2D eigenvalue weighted by Crippen LogP contribution is -2.36. The van der Waals surface area contributed by atoms with Crippen LogP contribution in [0.4, 0.5) is 5.13 Å². The van der Waals surface area contributed by atoms with Crippen molar-refractivity contribution in [3.05, 3.63) is 5.82 Å². The fourth-order valence-corrected chi connectivity index (χ4v) is 2.29. The molecule has 1 aromatic rings. The van der Waals surface area contributed by atoms with Gasteiger partial charge < -0.3 is 10.4 Å². The lowest BCUT2D eigenvalue weighted by atomic mass is 9.85. The van der Waals surface area contributed by atoms with E-state index in [4.69, 9.17) is 5.11 Å². The third kappa shape index (κ3) is 4.78. The maximum atomic E-state index is 10.9. The van der Waals surface area contributed by atoms with Gasteiger partial charge in [-0.2, -0.15) is 4.37 Å². The monoisotopic (exact) mass is 285 g/mol. The molecule has 0 saturated carbocycles.